The lowest BCUT2D eigenvalue weighted by molar-refractivity contribution is -0.182. The number of ketones is 1. The molecule has 1 aromatic carbocycles. The van der Waals surface area contributed by atoms with Gasteiger partial charge in [-0.1, -0.05) is 12.1 Å². The minimum Gasteiger partial charge on any atom is -0.508 e. The molecule has 1 fully saturated rings. The highest BCUT2D eigenvalue weighted by Crippen LogP contribution is 2.47. The van der Waals surface area contributed by atoms with Crippen LogP contribution < -0.4 is 0 Å². The van der Waals surface area contributed by atoms with Crippen molar-refractivity contribution < 1.29 is 34.1 Å². The van der Waals surface area contributed by atoms with E-state index in [4.69, 9.17) is 9.47 Å². The molecule has 1 aromatic rings. The molecular weight excluding hydrogens is 388 g/mol. The van der Waals surface area contributed by atoms with Crippen molar-refractivity contribution in [3.63, 3.8) is 0 Å². The standard InChI is InChI=1S/C23H32O7/c1-21(2,3)29-19(26)17-15(25)12-23(7,28)18(20(27)30-22(4,5)6)16(17)13-9-8-10-14(24)11-13/h8-11,16-18,24,28H,12H2,1-7H3/t16-,17+,18+,23-/m0/s1. The first kappa shape index (κ1) is 23.9. The van der Waals surface area contributed by atoms with Crippen molar-refractivity contribution in [1.29, 1.82) is 0 Å². The van der Waals surface area contributed by atoms with Gasteiger partial charge in [-0.15, -0.1) is 0 Å². The van der Waals surface area contributed by atoms with Crippen molar-refractivity contribution in [3.05, 3.63) is 29.8 Å². The van der Waals surface area contributed by atoms with Crippen LogP contribution in [0, 0.1) is 11.8 Å². The Labute approximate surface area is 177 Å². The number of Topliss-reactive ketones (excluding diaryl/α,β-unsaturated/α-hetero) is 1. The Bertz CT molecular complexity index is 827. The smallest absolute Gasteiger partial charge is 0.317 e. The van der Waals surface area contributed by atoms with Crippen LogP contribution in [0.2, 0.25) is 0 Å². The molecule has 166 valence electrons. The minimum absolute atomic E-state index is 0.0870. The number of rotatable bonds is 3. The van der Waals surface area contributed by atoms with Gasteiger partial charge in [0.2, 0.25) is 0 Å². The number of ether oxygens (including phenoxy) is 2. The van der Waals surface area contributed by atoms with Gasteiger partial charge in [-0.3, -0.25) is 14.4 Å². The normalized spacial score (nSPS) is 27.5. The average molecular weight is 421 g/mol. The lowest BCUT2D eigenvalue weighted by Crippen LogP contribution is -2.56. The molecule has 0 amide bonds. The van der Waals surface area contributed by atoms with Gasteiger partial charge in [-0.25, -0.2) is 0 Å². The molecule has 0 saturated heterocycles. The molecule has 0 radical (unpaired) electrons. The molecule has 1 saturated carbocycles. The summed E-state index contributed by atoms with van der Waals surface area (Å²) in [6.07, 6.45) is -0.393. The maximum atomic E-state index is 13.1. The molecular formula is C23H32O7. The van der Waals surface area contributed by atoms with Crippen molar-refractivity contribution in [2.45, 2.75) is 77.6 Å². The van der Waals surface area contributed by atoms with Crippen LogP contribution >= 0.6 is 0 Å². The zero-order valence-corrected chi connectivity index (χ0v) is 18.7. The molecule has 0 heterocycles. The third kappa shape index (κ3) is 5.59. The van der Waals surface area contributed by atoms with Gasteiger partial charge in [0.05, 0.1) is 11.5 Å². The van der Waals surface area contributed by atoms with Crippen molar-refractivity contribution in [2.24, 2.45) is 11.8 Å². The van der Waals surface area contributed by atoms with Gasteiger partial charge in [0.15, 0.2) is 5.78 Å². The fraction of sp³-hybridized carbons (Fsp3) is 0.609. The molecule has 0 bridgehead atoms. The Balaban J connectivity index is 2.64. The van der Waals surface area contributed by atoms with Gasteiger partial charge >= 0.3 is 11.9 Å². The van der Waals surface area contributed by atoms with E-state index >= 15 is 0 Å². The number of carbonyl (C=O) groups is 3. The number of carbonyl (C=O) groups excluding carboxylic acids is 3. The number of esters is 2. The number of aromatic hydroxyl groups is 1. The predicted octanol–water partition coefficient (Wildman–Crippen LogP) is 3.12. The first-order valence-electron chi connectivity index (χ1n) is 10.0. The van der Waals surface area contributed by atoms with E-state index < -0.39 is 58.7 Å². The largest absolute Gasteiger partial charge is 0.508 e. The van der Waals surface area contributed by atoms with Gasteiger partial charge in [-0.2, -0.15) is 0 Å². The molecule has 0 aromatic heterocycles. The third-order valence-corrected chi connectivity index (χ3v) is 4.84. The highest BCUT2D eigenvalue weighted by atomic mass is 16.6. The second-order valence-corrected chi connectivity index (χ2v) is 10.1. The van der Waals surface area contributed by atoms with Crippen molar-refractivity contribution in [2.75, 3.05) is 0 Å². The van der Waals surface area contributed by atoms with Crippen molar-refractivity contribution in [1.82, 2.24) is 0 Å². The van der Waals surface area contributed by atoms with Crippen LogP contribution in [0.1, 0.15) is 66.4 Å². The third-order valence-electron chi connectivity index (χ3n) is 4.84. The highest BCUT2D eigenvalue weighted by molar-refractivity contribution is 6.03. The summed E-state index contributed by atoms with van der Waals surface area (Å²) >= 11 is 0. The zero-order chi connectivity index (χ0) is 23.1. The summed E-state index contributed by atoms with van der Waals surface area (Å²) in [5.41, 5.74) is -3.05. The van der Waals surface area contributed by atoms with Crippen LogP contribution in [0.3, 0.4) is 0 Å². The van der Waals surface area contributed by atoms with Crippen LogP contribution in [-0.2, 0) is 23.9 Å². The second kappa shape index (κ2) is 8.02. The van der Waals surface area contributed by atoms with E-state index in [0.717, 1.165) is 0 Å². The molecule has 0 unspecified atom stereocenters. The Morgan fingerprint density at radius 1 is 1.03 bits per heavy atom. The molecule has 30 heavy (non-hydrogen) atoms. The highest BCUT2D eigenvalue weighted by Gasteiger charge is 2.57. The van der Waals surface area contributed by atoms with Gasteiger partial charge in [0, 0.05) is 12.3 Å². The van der Waals surface area contributed by atoms with E-state index in [1.165, 1.54) is 19.1 Å². The Hall–Kier alpha value is -2.41. The number of hydrogen-bond donors (Lipinski definition) is 2. The summed E-state index contributed by atoms with van der Waals surface area (Å²) in [4.78, 5) is 39.2. The lowest BCUT2D eigenvalue weighted by Gasteiger charge is -2.44. The van der Waals surface area contributed by atoms with E-state index in [1.54, 1.807) is 53.7 Å². The van der Waals surface area contributed by atoms with E-state index in [9.17, 15) is 24.6 Å². The van der Waals surface area contributed by atoms with Crippen LogP contribution in [0.4, 0.5) is 0 Å². The maximum absolute atomic E-state index is 13.1. The predicted molar refractivity (Wildman–Crippen MR) is 110 cm³/mol. The first-order chi connectivity index (χ1) is 13.5. The number of aliphatic hydroxyl groups is 1. The molecule has 1 aliphatic rings. The molecule has 2 N–H and O–H groups in total. The Kier molecular flexibility index (Phi) is 6.38. The number of phenols is 1. The summed E-state index contributed by atoms with van der Waals surface area (Å²) in [5, 5.41) is 21.1. The maximum Gasteiger partial charge on any atom is 0.317 e. The van der Waals surface area contributed by atoms with E-state index in [2.05, 4.69) is 0 Å². The van der Waals surface area contributed by atoms with E-state index in [-0.39, 0.29) is 5.75 Å². The molecule has 0 spiro atoms. The molecule has 7 heteroatoms. The van der Waals surface area contributed by atoms with Crippen LogP contribution in [0.15, 0.2) is 24.3 Å². The molecule has 2 rings (SSSR count). The second-order valence-electron chi connectivity index (χ2n) is 10.1. The summed E-state index contributed by atoms with van der Waals surface area (Å²) in [7, 11) is 0. The lowest BCUT2D eigenvalue weighted by atomic mass is 9.61. The number of hydrogen-bond acceptors (Lipinski definition) is 7. The van der Waals surface area contributed by atoms with Gasteiger partial charge in [0.1, 0.15) is 22.9 Å². The Morgan fingerprint density at radius 3 is 2.07 bits per heavy atom. The number of phenolic OH excluding ortho intramolecular Hbond substituents is 1. The Morgan fingerprint density at radius 2 is 1.57 bits per heavy atom. The monoisotopic (exact) mass is 420 g/mol. The van der Waals surface area contributed by atoms with Crippen molar-refractivity contribution in [3.8, 4) is 5.75 Å². The van der Waals surface area contributed by atoms with E-state index in [0.29, 0.717) is 5.56 Å². The quantitative estimate of drug-likeness (QED) is 0.571. The van der Waals surface area contributed by atoms with Gasteiger partial charge < -0.3 is 19.7 Å². The van der Waals surface area contributed by atoms with Crippen LogP contribution in [0.5, 0.6) is 5.75 Å². The summed E-state index contributed by atoms with van der Waals surface area (Å²) < 4.78 is 11.0. The van der Waals surface area contributed by atoms with Crippen molar-refractivity contribution >= 4 is 17.7 Å². The molecule has 0 aliphatic heterocycles. The van der Waals surface area contributed by atoms with Crippen LogP contribution in [0.25, 0.3) is 0 Å². The fourth-order valence-electron chi connectivity index (χ4n) is 3.88. The summed E-state index contributed by atoms with van der Waals surface area (Å²) in [6, 6.07) is 5.98. The molecule has 1 aliphatic carbocycles. The van der Waals surface area contributed by atoms with Gasteiger partial charge in [-0.05, 0) is 66.2 Å². The minimum atomic E-state index is -1.74. The first-order valence-corrected chi connectivity index (χ1v) is 10.0. The summed E-state index contributed by atoms with van der Waals surface area (Å²) in [6.45, 7) is 11.5. The number of benzene rings is 1. The fourth-order valence-corrected chi connectivity index (χ4v) is 3.88. The van der Waals surface area contributed by atoms with Crippen LogP contribution in [-0.4, -0.2) is 44.7 Å². The van der Waals surface area contributed by atoms with Gasteiger partial charge in [0.25, 0.3) is 0 Å². The SMILES string of the molecule is CC(C)(C)OC(=O)[C@@H]1C(=O)C[C@](C)(O)[C@@H](C(=O)OC(C)(C)C)[C@H]1c1cccc(O)c1. The topological polar surface area (TPSA) is 110 Å². The molecule has 4 atom stereocenters. The summed E-state index contributed by atoms with van der Waals surface area (Å²) in [5.74, 6) is -5.69. The van der Waals surface area contributed by atoms with E-state index in [1.807, 2.05) is 0 Å². The molecule has 7 nitrogen and oxygen atoms in total. The zero-order valence-electron chi connectivity index (χ0n) is 18.7. The average Bonchev–Trinajstić information content (AvgIpc) is 2.49.